The van der Waals surface area contributed by atoms with Gasteiger partial charge in [-0.05, 0) is 88.6 Å². The summed E-state index contributed by atoms with van der Waals surface area (Å²) >= 11 is 0. The van der Waals surface area contributed by atoms with Gasteiger partial charge in [-0.25, -0.2) is 19.9 Å². The first-order chi connectivity index (χ1) is 29.1. The molecule has 6 heteroatoms. The van der Waals surface area contributed by atoms with Crippen LogP contribution in [0.15, 0.2) is 206 Å². The van der Waals surface area contributed by atoms with Gasteiger partial charge in [-0.3, -0.25) is 9.98 Å². The zero-order valence-electron chi connectivity index (χ0n) is 32.4. The molecule has 0 aliphatic rings. The SMILES string of the molecule is C=N/C=C\C(=C/C)c1cc(-c2ccc(-c3ccc4c(-c5ccc(-c6cc(-c7ccncc7)nc(-c7ccccc7)n6)cc5)cccc4c3)cc2)nc(-c2ccccc2)n1. The van der Waals surface area contributed by atoms with Gasteiger partial charge in [0.15, 0.2) is 11.6 Å². The Morgan fingerprint density at radius 2 is 1.02 bits per heavy atom. The smallest absolute Gasteiger partial charge is 0.160 e. The summed E-state index contributed by atoms with van der Waals surface area (Å²) in [5, 5.41) is 2.36. The van der Waals surface area contributed by atoms with Crippen LogP contribution >= 0.6 is 0 Å². The Balaban J connectivity index is 1.01. The molecular weight excluding hydrogens is 721 g/mol. The Bertz CT molecular complexity index is 2920. The molecule has 3 aromatic heterocycles. The molecule has 0 saturated carbocycles. The monoisotopic (exact) mass is 758 g/mol. The molecule has 0 aliphatic heterocycles. The van der Waals surface area contributed by atoms with E-state index in [-0.39, 0.29) is 0 Å². The van der Waals surface area contributed by atoms with E-state index in [0.717, 1.165) is 72.9 Å². The van der Waals surface area contributed by atoms with E-state index in [9.17, 15) is 0 Å². The van der Waals surface area contributed by atoms with Crippen molar-refractivity contribution in [3.63, 3.8) is 0 Å². The molecule has 0 saturated heterocycles. The summed E-state index contributed by atoms with van der Waals surface area (Å²) in [6.07, 6.45) is 9.20. The molecule has 6 nitrogen and oxygen atoms in total. The molecule has 59 heavy (non-hydrogen) atoms. The van der Waals surface area contributed by atoms with Crippen molar-refractivity contribution in [2.45, 2.75) is 6.92 Å². The van der Waals surface area contributed by atoms with Crippen LogP contribution in [0.2, 0.25) is 0 Å². The van der Waals surface area contributed by atoms with E-state index in [1.54, 1.807) is 18.6 Å². The molecule has 0 atom stereocenters. The van der Waals surface area contributed by atoms with Crippen molar-refractivity contribution in [2.75, 3.05) is 0 Å². The number of aliphatic imine (C=N–C) groups is 1. The van der Waals surface area contributed by atoms with E-state index in [0.29, 0.717) is 11.6 Å². The van der Waals surface area contributed by atoms with Gasteiger partial charge in [0, 0.05) is 46.4 Å². The van der Waals surface area contributed by atoms with E-state index in [2.05, 4.69) is 108 Å². The average Bonchev–Trinajstić information content (AvgIpc) is 3.32. The Morgan fingerprint density at radius 3 is 1.63 bits per heavy atom. The molecule has 6 aromatic carbocycles. The minimum atomic E-state index is 0.669. The second-order valence-electron chi connectivity index (χ2n) is 14.0. The van der Waals surface area contributed by atoms with Gasteiger partial charge >= 0.3 is 0 Å². The second kappa shape index (κ2) is 16.6. The molecule has 0 bridgehead atoms. The van der Waals surface area contributed by atoms with Crippen molar-refractivity contribution in [1.29, 1.82) is 0 Å². The average molecular weight is 759 g/mol. The molecule has 0 fully saturated rings. The summed E-state index contributed by atoms with van der Waals surface area (Å²) in [4.78, 5) is 28.0. The van der Waals surface area contributed by atoms with Crippen LogP contribution in [0.25, 0.3) is 95.1 Å². The number of allylic oxidation sites excluding steroid dienone is 3. The van der Waals surface area contributed by atoms with E-state index >= 15 is 0 Å². The Morgan fingerprint density at radius 1 is 0.475 bits per heavy atom. The fraction of sp³-hybridized carbons (Fsp3) is 0.0189. The van der Waals surface area contributed by atoms with Crippen LogP contribution in [-0.2, 0) is 0 Å². The highest BCUT2D eigenvalue weighted by atomic mass is 14.9. The van der Waals surface area contributed by atoms with Crippen LogP contribution in [0.3, 0.4) is 0 Å². The van der Waals surface area contributed by atoms with Gasteiger partial charge in [-0.2, -0.15) is 0 Å². The minimum absolute atomic E-state index is 0.669. The quantitative estimate of drug-likeness (QED) is 0.103. The van der Waals surface area contributed by atoms with Crippen LogP contribution in [0.5, 0.6) is 0 Å². The molecule has 9 rings (SSSR count). The third kappa shape index (κ3) is 7.88. The number of hydrogen-bond acceptors (Lipinski definition) is 6. The number of pyridine rings is 1. The van der Waals surface area contributed by atoms with Crippen LogP contribution in [0, 0.1) is 0 Å². The number of benzene rings is 6. The second-order valence-corrected chi connectivity index (χ2v) is 14.0. The molecule has 0 aliphatic carbocycles. The highest BCUT2D eigenvalue weighted by molar-refractivity contribution is 5.99. The minimum Gasteiger partial charge on any atom is -0.272 e. The Labute approximate surface area is 343 Å². The van der Waals surface area contributed by atoms with Gasteiger partial charge in [0.25, 0.3) is 0 Å². The van der Waals surface area contributed by atoms with Crippen molar-refractivity contribution < 1.29 is 0 Å². The maximum atomic E-state index is 5.01. The van der Waals surface area contributed by atoms with Gasteiger partial charge in [0.2, 0.25) is 0 Å². The summed E-state index contributed by atoms with van der Waals surface area (Å²) in [6, 6.07) is 58.7. The van der Waals surface area contributed by atoms with Crippen molar-refractivity contribution in [3.05, 3.63) is 206 Å². The lowest BCUT2D eigenvalue weighted by atomic mass is 9.94. The number of rotatable bonds is 10. The lowest BCUT2D eigenvalue weighted by Crippen LogP contribution is -1.97. The first-order valence-corrected chi connectivity index (χ1v) is 19.5. The van der Waals surface area contributed by atoms with Crippen molar-refractivity contribution in [2.24, 2.45) is 4.99 Å². The highest BCUT2D eigenvalue weighted by Crippen LogP contribution is 2.35. The lowest BCUT2D eigenvalue weighted by molar-refractivity contribution is 1.16. The van der Waals surface area contributed by atoms with Crippen LogP contribution in [-0.4, -0.2) is 31.6 Å². The van der Waals surface area contributed by atoms with Crippen molar-refractivity contribution >= 4 is 23.1 Å². The largest absolute Gasteiger partial charge is 0.272 e. The Hall–Kier alpha value is -7.96. The van der Waals surface area contributed by atoms with Crippen LogP contribution < -0.4 is 0 Å². The van der Waals surface area contributed by atoms with Gasteiger partial charge in [-0.1, -0.05) is 146 Å². The number of nitrogens with zero attached hydrogens (tertiary/aromatic N) is 6. The topological polar surface area (TPSA) is 76.8 Å². The normalized spacial score (nSPS) is 11.6. The van der Waals surface area contributed by atoms with E-state index in [4.69, 9.17) is 19.9 Å². The summed E-state index contributed by atoms with van der Waals surface area (Å²) in [7, 11) is 0. The molecule has 0 amide bonds. The third-order valence-corrected chi connectivity index (χ3v) is 10.3. The first kappa shape index (κ1) is 36.7. The standard InChI is InChI=1S/C53H38N6/c1-3-36(27-30-54-2)48-34-49(57-52(56-48)42-11-6-4-7-12-42)39-21-17-37(18-22-39)44-25-26-47-45(33-44)15-10-16-46(47)38-19-23-40(24-20-38)50-35-51(41-28-31-55-32-29-41)59-53(58-50)43-13-8-5-9-14-43/h3-35H,2H2,1H3/b30-27-,36-3+. The maximum Gasteiger partial charge on any atom is 0.160 e. The van der Waals surface area contributed by atoms with Crippen LogP contribution in [0.1, 0.15) is 12.6 Å². The third-order valence-electron chi connectivity index (χ3n) is 10.3. The maximum absolute atomic E-state index is 5.01. The first-order valence-electron chi connectivity index (χ1n) is 19.5. The molecule has 280 valence electrons. The molecule has 9 aromatic rings. The summed E-state index contributed by atoms with van der Waals surface area (Å²) in [5.74, 6) is 1.36. The lowest BCUT2D eigenvalue weighted by Gasteiger charge is -2.12. The van der Waals surface area contributed by atoms with E-state index in [1.165, 1.54) is 16.3 Å². The van der Waals surface area contributed by atoms with Crippen LogP contribution in [0.4, 0.5) is 0 Å². The van der Waals surface area contributed by atoms with Gasteiger partial charge in [-0.15, -0.1) is 0 Å². The molecule has 0 N–H and O–H groups in total. The van der Waals surface area contributed by atoms with Crippen molar-refractivity contribution in [3.8, 4) is 78.8 Å². The fourth-order valence-electron chi connectivity index (χ4n) is 7.27. The van der Waals surface area contributed by atoms with Gasteiger partial charge < -0.3 is 0 Å². The predicted molar refractivity (Wildman–Crippen MR) is 243 cm³/mol. The molecular formula is C53H38N6. The number of hydrogen-bond donors (Lipinski definition) is 0. The zero-order valence-corrected chi connectivity index (χ0v) is 32.4. The molecule has 0 radical (unpaired) electrons. The summed E-state index contributed by atoms with van der Waals surface area (Å²) in [5.41, 5.74) is 13.9. The summed E-state index contributed by atoms with van der Waals surface area (Å²) in [6.45, 7) is 5.58. The molecule has 0 unspecified atom stereocenters. The van der Waals surface area contributed by atoms with Gasteiger partial charge in [0.05, 0.1) is 22.8 Å². The van der Waals surface area contributed by atoms with E-state index < -0.39 is 0 Å². The summed E-state index contributed by atoms with van der Waals surface area (Å²) < 4.78 is 0. The molecule has 0 spiro atoms. The number of fused-ring (bicyclic) bond motifs is 1. The molecule has 3 heterocycles. The van der Waals surface area contributed by atoms with Crippen molar-refractivity contribution in [1.82, 2.24) is 24.9 Å². The fourth-order valence-corrected chi connectivity index (χ4v) is 7.27. The Kier molecular flexibility index (Phi) is 10.3. The highest BCUT2D eigenvalue weighted by Gasteiger charge is 2.14. The van der Waals surface area contributed by atoms with Gasteiger partial charge in [0.1, 0.15) is 0 Å². The predicted octanol–water partition coefficient (Wildman–Crippen LogP) is 13.1. The zero-order chi connectivity index (χ0) is 40.0. The number of aromatic nitrogens is 5. The van der Waals surface area contributed by atoms with E-state index in [1.807, 2.05) is 97.9 Å².